The molecule has 0 spiro atoms. The fourth-order valence-electron chi connectivity index (χ4n) is 2.01. The molecule has 3 rings (SSSR count). The second kappa shape index (κ2) is 7.50. The molecule has 0 saturated heterocycles. The molecule has 122 valence electrons. The van der Waals surface area contributed by atoms with Crippen LogP contribution >= 0.6 is 27.3 Å². The molecule has 3 aromatic rings. The molecule has 0 radical (unpaired) electrons. The lowest BCUT2D eigenvalue weighted by Gasteiger charge is -2.05. The van der Waals surface area contributed by atoms with Crippen molar-refractivity contribution in [3.05, 3.63) is 69.4 Å². The highest BCUT2D eigenvalue weighted by Gasteiger charge is 2.10. The van der Waals surface area contributed by atoms with Crippen LogP contribution in [-0.4, -0.2) is 16.2 Å². The van der Waals surface area contributed by atoms with Gasteiger partial charge in [0.15, 0.2) is 0 Å². The van der Waals surface area contributed by atoms with Crippen molar-refractivity contribution in [3.63, 3.8) is 0 Å². The van der Waals surface area contributed by atoms with Crippen LogP contribution in [0.5, 0.6) is 0 Å². The van der Waals surface area contributed by atoms with Crippen molar-refractivity contribution in [2.75, 3.05) is 10.6 Å². The summed E-state index contributed by atoms with van der Waals surface area (Å²) in [4.78, 5) is 11.9. The molecular weight excluding hydrogens is 395 g/mol. The third-order valence-corrected chi connectivity index (χ3v) is 4.39. The van der Waals surface area contributed by atoms with Crippen LogP contribution in [0.2, 0.25) is 0 Å². The SMILES string of the molecule is O=C(Nc1nnc(Cc2cccc(Br)c2)s1)Nc1ccccc1F. The van der Waals surface area contributed by atoms with Crippen LogP contribution in [0, 0.1) is 5.82 Å². The van der Waals surface area contributed by atoms with Crippen molar-refractivity contribution in [3.8, 4) is 0 Å². The highest BCUT2D eigenvalue weighted by Crippen LogP contribution is 2.21. The van der Waals surface area contributed by atoms with Crippen molar-refractivity contribution < 1.29 is 9.18 Å². The van der Waals surface area contributed by atoms with Gasteiger partial charge in [-0.25, -0.2) is 9.18 Å². The number of hydrogen-bond acceptors (Lipinski definition) is 4. The highest BCUT2D eigenvalue weighted by molar-refractivity contribution is 9.10. The van der Waals surface area contributed by atoms with Crippen LogP contribution < -0.4 is 10.6 Å². The van der Waals surface area contributed by atoms with E-state index in [1.165, 1.54) is 23.5 Å². The number of para-hydroxylation sites is 1. The third-order valence-electron chi connectivity index (χ3n) is 3.05. The van der Waals surface area contributed by atoms with Crippen LogP contribution in [0.4, 0.5) is 20.0 Å². The number of aromatic nitrogens is 2. The zero-order valence-electron chi connectivity index (χ0n) is 12.3. The fraction of sp³-hybridized carbons (Fsp3) is 0.0625. The van der Waals surface area contributed by atoms with E-state index in [1.807, 2.05) is 24.3 Å². The molecule has 5 nitrogen and oxygen atoms in total. The van der Waals surface area contributed by atoms with E-state index in [2.05, 4.69) is 36.8 Å². The fourth-order valence-corrected chi connectivity index (χ4v) is 3.23. The maximum absolute atomic E-state index is 13.5. The summed E-state index contributed by atoms with van der Waals surface area (Å²) in [7, 11) is 0. The number of hydrogen-bond donors (Lipinski definition) is 2. The van der Waals surface area contributed by atoms with Crippen molar-refractivity contribution in [2.45, 2.75) is 6.42 Å². The Morgan fingerprint density at radius 2 is 1.96 bits per heavy atom. The minimum Gasteiger partial charge on any atom is -0.305 e. The summed E-state index contributed by atoms with van der Waals surface area (Å²) < 4.78 is 14.5. The van der Waals surface area contributed by atoms with Gasteiger partial charge < -0.3 is 5.32 Å². The summed E-state index contributed by atoms with van der Waals surface area (Å²) in [5.74, 6) is -0.500. The van der Waals surface area contributed by atoms with E-state index < -0.39 is 11.8 Å². The Kier molecular flexibility index (Phi) is 5.17. The molecule has 0 bridgehead atoms. The van der Waals surface area contributed by atoms with Crippen LogP contribution in [0.25, 0.3) is 0 Å². The minimum absolute atomic E-state index is 0.105. The Morgan fingerprint density at radius 1 is 1.12 bits per heavy atom. The Morgan fingerprint density at radius 3 is 2.75 bits per heavy atom. The summed E-state index contributed by atoms with van der Waals surface area (Å²) in [5.41, 5.74) is 1.19. The van der Waals surface area contributed by atoms with E-state index in [1.54, 1.807) is 12.1 Å². The zero-order chi connectivity index (χ0) is 16.9. The Bertz CT molecular complexity index is 871. The molecule has 1 aromatic heterocycles. The lowest BCUT2D eigenvalue weighted by molar-refractivity contribution is 0.262. The van der Waals surface area contributed by atoms with Crippen LogP contribution in [-0.2, 0) is 6.42 Å². The first-order valence-electron chi connectivity index (χ1n) is 6.99. The predicted octanol–water partition coefficient (Wildman–Crippen LogP) is 4.67. The average molecular weight is 407 g/mol. The first kappa shape index (κ1) is 16.5. The van der Waals surface area contributed by atoms with Gasteiger partial charge in [0.25, 0.3) is 0 Å². The van der Waals surface area contributed by atoms with Gasteiger partial charge in [0.2, 0.25) is 5.13 Å². The van der Waals surface area contributed by atoms with Gasteiger partial charge in [0.1, 0.15) is 10.8 Å². The molecule has 0 fully saturated rings. The largest absolute Gasteiger partial charge is 0.325 e. The summed E-state index contributed by atoms with van der Waals surface area (Å²) in [5, 5.41) is 14.1. The predicted molar refractivity (Wildman–Crippen MR) is 95.9 cm³/mol. The van der Waals surface area contributed by atoms with E-state index in [9.17, 15) is 9.18 Å². The normalized spacial score (nSPS) is 10.4. The molecular formula is C16H12BrFN4OS. The van der Waals surface area contributed by atoms with E-state index in [0.29, 0.717) is 11.6 Å². The summed E-state index contributed by atoms with van der Waals surface area (Å²) >= 11 is 4.70. The van der Waals surface area contributed by atoms with Crippen LogP contribution in [0.15, 0.2) is 53.0 Å². The van der Waals surface area contributed by atoms with Gasteiger partial charge in [0, 0.05) is 10.9 Å². The maximum atomic E-state index is 13.5. The van der Waals surface area contributed by atoms with Gasteiger partial charge >= 0.3 is 6.03 Å². The number of rotatable bonds is 4. The molecule has 2 amide bonds. The van der Waals surface area contributed by atoms with E-state index in [-0.39, 0.29) is 5.69 Å². The standard InChI is InChI=1S/C16H12BrFN4OS/c17-11-5-3-4-10(8-11)9-14-21-22-16(24-14)20-15(23)19-13-7-2-1-6-12(13)18/h1-8H,9H2,(H2,19,20,22,23). The van der Waals surface area contributed by atoms with Gasteiger partial charge in [-0.3, -0.25) is 5.32 Å². The van der Waals surface area contributed by atoms with Gasteiger partial charge in [0.05, 0.1) is 5.69 Å². The van der Waals surface area contributed by atoms with Crippen LogP contribution in [0.1, 0.15) is 10.6 Å². The van der Waals surface area contributed by atoms with Crippen molar-refractivity contribution >= 4 is 44.1 Å². The van der Waals surface area contributed by atoms with Gasteiger partial charge in [-0.05, 0) is 29.8 Å². The maximum Gasteiger partial charge on any atom is 0.325 e. The summed E-state index contributed by atoms with van der Waals surface area (Å²) in [6.45, 7) is 0. The molecule has 0 unspecified atom stereocenters. The molecule has 24 heavy (non-hydrogen) atoms. The number of amides is 2. The number of halogens is 2. The molecule has 0 aliphatic heterocycles. The van der Waals surface area contributed by atoms with Gasteiger partial charge in [-0.15, -0.1) is 10.2 Å². The highest BCUT2D eigenvalue weighted by atomic mass is 79.9. The summed E-state index contributed by atoms with van der Waals surface area (Å²) in [6, 6.07) is 13.3. The van der Waals surface area contributed by atoms with Crippen molar-refractivity contribution in [2.24, 2.45) is 0 Å². The molecule has 8 heteroatoms. The number of carbonyl (C=O) groups excluding carboxylic acids is 1. The number of benzene rings is 2. The first-order valence-corrected chi connectivity index (χ1v) is 8.60. The minimum atomic E-state index is -0.565. The molecule has 2 N–H and O–H groups in total. The topological polar surface area (TPSA) is 66.9 Å². The molecule has 0 saturated carbocycles. The Balaban J connectivity index is 1.61. The Hall–Kier alpha value is -2.32. The number of urea groups is 1. The number of anilines is 2. The smallest absolute Gasteiger partial charge is 0.305 e. The monoisotopic (exact) mass is 406 g/mol. The number of carbonyl (C=O) groups is 1. The van der Waals surface area contributed by atoms with Gasteiger partial charge in [-0.2, -0.15) is 0 Å². The third kappa shape index (κ3) is 4.36. The number of nitrogens with one attached hydrogen (secondary N) is 2. The second-order valence-corrected chi connectivity index (χ2v) is 6.84. The molecule has 1 heterocycles. The quantitative estimate of drug-likeness (QED) is 0.660. The Labute approximate surface area is 150 Å². The second-order valence-electron chi connectivity index (χ2n) is 4.87. The number of nitrogens with zero attached hydrogens (tertiary/aromatic N) is 2. The molecule has 0 aliphatic carbocycles. The molecule has 2 aromatic carbocycles. The lowest BCUT2D eigenvalue weighted by Crippen LogP contribution is -2.19. The zero-order valence-corrected chi connectivity index (χ0v) is 14.7. The van der Waals surface area contributed by atoms with Crippen LogP contribution in [0.3, 0.4) is 0 Å². The van der Waals surface area contributed by atoms with Gasteiger partial charge in [-0.1, -0.05) is 51.5 Å². The first-order chi connectivity index (χ1) is 11.6. The van der Waals surface area contributed by atoms with E-state index in [0.717, 1.165) is 15.0 Å². The van der Waals surface area contributed by atoms with Crippen molar-refractivity contribution in [1.82, 2.24) is 10.2 Å². The van der Waals surface area contributed by atoms with Crippen molar-refractivity contribution in [1.29, 1.82) is 0 Å². The van der Waals surface area contributed by atoms with E-state index in [4.69, 9.17) is 0 Å². The van der Waals surface area contributed by atoms with E-state index >= 15 is 0 Å². The molecule has 0 aliphatic rings. The average Bonchev–Trinajstić information content (AvgIpc) is 2.96. The lowest BCUT2D eigenvalue weighted by atomic mass is 10.2. The summed E-state index contributed by atoms with van der Waals surface area (Å²) in [6.07, 6.45) is 0.619. The molecule has 0 atom stereocenters.